The fourth-order valence-corrected chi connectivity index (χ4v) is 2.78. The number of hydrogen-bond acceptors (Lipinski definition) is 3. The fraction of sp³-hybridized carbons (Fsp3) is 0.357. The van der Waals surface area contributed by atoms with E-state index >= 15 is 0 Å². The molecule has 0 saturated heterocycles. The van der Waals surface area contributed by atoms with Gasteiger partial charge < -0.3 is 5.11 Å². The Hall–Kier alpha value is -1.40. The third-order valence-corrected chi connectivity index (χ3v) is 4.17. The normalized spacial score (nSPS) is 13.4. The van der Waals surface area contributed by atoms with Gasteiger partial charge in [0.15, 0.2) is 0 Å². The molecule has 2 nitrogen and oxygen atoms in total. The van der Waals surface area contributed by atoms with Gasteiger partial charge in [-0.1, -0.05) is 6.92 Å². The number of aryl methyl sites for hydroxylation is 1. The highest BCUT2D eigenvalue weighted by Gasteiger charge is 2.30. The van der Waals surface area contributed by atoms with Gasteiger partial charge in [0.05, 0.1) is 11.3 Å². The van der Waals surface area contributed by atoms with E-state index in [0.717, 1.165) is 23.6 Å². The van der Waals surface area contributed by atoms with Crippen molar-refractivity contribution < 1.29 is 18.3 Å². The molecule has 2 aromatic rings. The smallest absolute Gasteiger partial charge is 0.386 e. The Balaban J connectivity index is 2.07. The Labute approximate surface area is 118 Å². The standard InChI is InChI=1S/C14H14F3NOS/c1-2-10-4-5-11(20-10)7-13(19)12-6-3-9(8-18-12)14(15,16)17/h3-6,8,13,19H,2,7H2,1H3. The van der Waals surface area contributed by atoms with Crippen molar-refractivity contribution in [1.29, 1.82) is 0 Å². The summed E-state index contributed by atoms with van der Waals surface area (Å²) in [4.78, 5) is 5.91. The molecule has 0 spiro atoms. The first kappa shape index (κ1) is 15.0. The van der Waals surface area contributed by atoms with Crippen LogP contribution in [-0.2, 0) is 19.0 Å². The molecule has 20 heavy (non-hydrogen) atoms. The van der Waals surface area contributed by atoms with Crippen molar-refractivity contribution in [1.82, 2.24) is 4.98 Å². The minimum atomic E-state index is -4.40. The summed E-state index contributed by atoms with van der Waals surface area (Å²) in [5, 5.41) is 10.0. The van der Waals surface area contributed by atoms with Crippen LogP contribution in [0.15, 0.2) is 30.5 Å². The van der Waals surface area contributed by atoms with Crippen molar-refractivity contribution in [3.63, 3.8) is 0 Å². The molecule has 1 unspecified atom stereocenters. The molecule has 1 atom stereocenters. The van der Waals surface area contributed by atoms with E-state index in [1.54, 1.807) is 11.3 Å². The first-order valence-corrected chi connectivity index (χ1v) is 7.00. The monoisotopic (exact) mass is 301 g/mol. The Kier molecular flexibility index (Phi) is 4.45. The maximum absolute atomic E-state index is 12.4. The minimum Gasteiger partial charge on any atom is -0.386 e. The van der Waals surface area contributed by atoms with Crippen molar-refractivity contribution in [2.75, 3.05) is 0 Å². The van der Waals surface area contributed by atoms with Gasteiger partial charge >= 0.3 is 6.18 Å². The van der Waals surface area contributed by atoms with Gasteiger partial charge in [0.2, 0.25) is 0 Å². The lowest BCUT2D eigenvalue weighted by molar-refractivity contribution is -0.137. The molecule has 0 fully saturated rings. The Morgan fingerprint density at radius 3 is 2.40 bits per heavy atom. The van der Waals surface area contributed by atoms with E-state index in [1.807, 2.05) is 19.1 Å². The molecule has 2 rings (SSSR count). The molecule has 2 heterocycles. The van der Waals surface area contributed by atoms with E-state index in [2.05, 4.69) is 4.98 Å². The molecule has 2 aromatic heterocycles. The van der Waals surface area contributed by atoms with Crippen molar-refractivity contribution >= 4 is 11.3 Å². The van der Waals surface area contributed by atoms with Crippen molar-refractivity contribution in [2.24, 2.45) is 0 Å². The molecule has 0 aromatic carbocycles. The van der Waals surface area contributed by atoms with Crippen molar-refractivity contribution in [2.45, 2.75) is 32.0 Å². The Bertz CT molecular complexity index is 563. The number of alkyl halides is 3. The van der Waals surface area contributed by atoms with Gasteiger partial charge in [-0.15, -0.1) is 11.3 Å². The third-order valence-electron chi connectivity index (χ3n) is 2.92. The van der Waals surface area contributed by atoms with Gasteiger partial charge in [-0.2, -0.15) is 13.2 Å². The number of thiophene rings is 1. The summed E-state index contributed by atoms with van der Waals surface area (Å²) >= 11 is 1.60. The first-order valence-electron chi connectivity index (χ1n) is 6.19. The molecule has 0 bridgehead atoms. The molecule has 0 aliphatic carbocycles. The van der Waals surface area contributed by atoms with Gasteiger partial charge in [-0.3, -0.25) is 4.98 Å². The van der Waals surface area contributed by atoms with Crippen LogP contribution in [0, 0.1) is 0 Å². The molecule has 0 radical (unpaired) electrons. The Morgan fingerprint density at radius 2 is 1.90 bits per heavy atom. The summed E-state index contributed by atoms with van der Waals surface area (Å²) in [6, 6.07) is 6.09. The summed E-state index contributed by atoms with van der Waals surface area (Å²) in [6.45, 7) is 2.05. The maximum Gasteiger partial charge on any atom is 0.417 e. The second-order valence-corrected chi connectivity index (χ2v) is 5.66. The second-order valence-electron chi connectivity index (χ2n) is 4.41. The number of halogens is 3. The quantitative estimate of drug-likeness (QED) is 0.926. The van der Waals surface area contributed by atoms with Gasteiger partial charge in [0, 0.05) is 22.4 Å². The van der Waals surface area contributed by atoms with E-state index in [0.29, 0.717) is 6.42 Å². The highest BCUT2D eigenvalue weighted by molar-refractivity contribution is 7.11. The van der Waals surface area contributed by atoms with Crippen LogP contribution in [0.3, 0.4) is 0 Å². The summed E-state index contributed by atoms with van der Waals surface area (Å²) in [5.74, 6) is 0. The predicted molar refractivity (Wildman–Crippen MR) is 71.6 cm³/mol. The second kappa shape index (κ2) is 5.93. The number of aliphatic hydroxyl groups excluding tert-OH is 1. The van der Waals surface area contributed by atoms with E-state index in [-0.39, 0.29) is 5.69 Å². The molecule has 108 valence electrons. The molecule has 6 heteroatoms. The molecular weight excluding hydrogens is 287 g/mol. The van der Waals surface area contributed by atoms with Crippen LogP contribution in [0.2, 0.25) is 0 Å². The molecule has 0 aliphatic rings. The number of hydrogen-bond donors (Lipinski definition) is 1. The van der Waals surface area contributed by atoms with Crippen LogP contribution in [0.1, 0.15) is 34.0 Å². The van der Waals surface area contributed by atoms with E-state index in [1.165, 1.54) is 10.9 Å². The lowest BCUT2D eigenvalue weighted by Gasteiger charge is -2.11. The SMILES string of the molecule is CCc1ccc(CC(O)c2ccc(C(F)(F)F)cn2)s1. The van der Waals surface area contributed by atoms with Crippen LogP contribution in [0.5, 0.6) is 0 Å². The highest BCUT2D eigenvalue weighted by atomic mass is 32.1. The lowest BCUT2D eigenvalue weighted by Crippen LogP contribution is -2.08. The van der Waals surface area contributed by atoms with E-state index in [4.69, 9.17) is 0 Å². The van der Waals surface area contributed by atoms with Crippen molar-refractivity contribution in [3.05, 3.63) is 51.5 Å². The van der Waals surface area contributed by atoms with Crippen LogP contribution < -0.4 is 0 Å². The van der Waals surface area contributed by atoms with Gasteiger partial charge in [-0.05, 0) is 30.7 Å². The number of aromatic nitrogens is 1. The summed E-state index contributed by atoms with van der Waals surface area (Å²) < 4.78 is 37.2. The average molecular weight is 301 g/mol. The zero-order chi connectivity index (χ0) is 14.8. The molecule has 0 amide bonds. The van der Waals surface area contributed by atoms with Crippen LogP contribution in [-0.4, -0.2) is 10.1 Å². The van der Waals surface area contributed by atoms with Gasteiger partial charge in [-0.25, -0.2) is 0 Å². The van der Waals surface area contributed by atoms with Gasteiger partial charge in [0.25, 0.3) is 0 Å². The van der Waals surface area contributed by atoms with Gasteiger partial charge in [0.1, 0.15) is 6.10 Å². The molecular formula is C14H14F3NOS. The zero-order valence-electron chi connectivity index (χ0n) is 10.8. The fourth-order valence-electron chi connectivity index (χ4n) is 1.79. The Morgan fingerprint density at radius 1 is 1.20 bits per heavy atom. The van der Waals surface area contributed by atoms with Crippen molar-refractivity contribution in [3.8, 4) is 0 Å². The van der Waals surface area contributed by atoms with E-state index in [9.17, 15) is 18.3 Å². The number of pyridine rings is 1. The van der Waals surface area contributed by atoms with E-state index < -0.39 is 17.8 Å². The first-order chi connectivity index (χ1) is 9.40. The third kappa shape index (κ3) is 3.58. The largest absolute Gasteiger partial charge is 0.417 e. The van der Waals surface area contributed by atoms with Crippen LogP contribution >= 0.6 is 11.3 Å². The van der Waals surface area contributed by atoms with Crippen LogP contribution in [0.25, 0.3) is 0 Å². The number of rotatable bonds is 4. The molecule has 0 aliphatic heterocycles. The predicted octanol–water partition coefficient (Wildman–Crippen LogP) is 4.00. The lowest BCUT2D eigenvalue weighted by atomic mass is 10.1. The summed E-state index contributed by atoms with van der Waals surface area (Å²) in [6.07, 6.45) is -3.24. The number of aliphatic hydroxyl groups is 1. The average Bonchev–Trinajstić information content (AvgIpc) is 2.85. The summed E-state index contributed by atoms with van der Waals surface area (Å²) in [5.41, 5.74) is -0.553. The summed E-state index contributed by atoms with van der Waals surface area (Å²) in [7, 11) is 0. The molecule has 0 saturated carbocycles. The topological polar surface area (TPSA) is 33.1 Å². The highest BCUT2D eigenvalue weighted by Crippen LogP contribution is 2.29. The van der Waals surface area contributed by atoms with Crippen LogP contribution in [0.4, 0.5) is 13.2 Å². The molecule has 1 N–H and O–H groups in total. The minimum absolute atomic E-state index is 0.254. The maximum atomic E-state index is 12.4. The number of nitrogens with zero attached hydrogens (tertiary/aromatic N) is 1. The zero-order valence-corrected chi connectivity index (χ0v) is 11.6.